The summed E-state index contributed by atoms with van der Waals surface area (Å²) >= 11 is 0. The van der Waals surface area contributed by atoms with Crippen molar-refractivity contribution in [3.8, 4) is 11.8 Å². The lowest BCUT2D eigenvalue weighted by molar-refractivity contribution is 0.970. The number of anilines is 1. The molecule has 1 heteroatoms. The van der Waals surface area contributed by atoms with Crippen LogP contribution in [0, 0.1) is 11.8 Å². The van der Waals surface area contributed by atoms with Gasteiger partial charge >= 0.3 is 0 Å². The number of benzene rings is 1. The van der Waals surface area contributed by atoms with E-state index in [1.165, 1.54) is 5.69 Å². The van der Waals surface area contributed by atoms with E-state index in [2.05, 4.69) is 35.5 Å². The summed E-state index contributed by atoms with van der Waals surface area (Å²) in [6.07, 6.45) is 1.89. The highest BCUT2D eigenvalue weighted by Crippen LogP contribution is 2.11. The van der Waals surface area contributed by atoms with Crippen molar-refractivity contribution in [3.63, 3.8) is 0 Å². The second-order valence-corrected chi connectivity index (χ2v) is 2.93. The molecule has 0 unspecified atom stereocenters. The second-order valence-electron chi connectivity index (χ2n) is 2.93. The molecule has 0 aliphatic carbocycles. The minimum Gasteiger partial charge on any atom is -0.357 e. The molecule has 0 bridgehead atoms. The number of para-hydroxylation sites is 1. The lowest BCUT2D eigenvalue weighted by atomic mass is 10.3. The summed E-state index contributed by atoms with van der Waals surface area (Å²) in [6, 6.07) is 10.2. The first kappa shape index (κ1) is 10.4. The normalized spacial score (nSPS) is 8.64. The van der Waals surface area contributed by atoms with E-state index >= 15 is 0 Å². The largest absolute Gasteiger partial charge is 0.357 e. The van der Waals surface area contributed by atoms with Gasteiger partial charge in [0.05, 0.1) is 6.54 Å². The van der Waals surface area contributed by atoms with Crippen molar-refractivity contribution in [2.45, 2.75) is 6.92 Å². The standard InChI is InChI=1S/C13H15N/c1-3-5-12-14(11-4-2)13-9-7-6-8-10-13/h4,6-10H,2,11-12H2,1H3. The second kappa shape index (κ2) is 5.88. The van der Waals surface area contributed by atoms with E-state index in [9.17, 15) is 0 Å². The molecule has 0 saturated heterocycles. The Labute approximate surface area is 86.1 Å². The maximum atomic E-state index is 3.74. The fraction of sp³-hybridized carbons (Fsp3) is 0.231. The predicted octanol–water partition coefficient (Wildman–Crippen LogP) is 2.70. The molecule has 1 rings (SSSR count). The van der Waals surface area contributed by atoms with Crippen molar-refractivity contribution in [1.29, 1.82) is 0 Å². The van der Waals surface area contributed by atoms with Crippen molar-refractivity contribution in [2.24, 2.45) is 0 Å². The Bertz CT molecular complexity index is 329. The van der Waals surface area contributed by atoms with Gasteiger partial charge in [-0.1, -0.05) is 30.2 Å². The highest BCUT2D eigenvalue weighted by atomic mass is 15.1. The Morgan fingerprint density at radius 3 is 2.64 bits per heavy atom. The van der Waals surface area contributed by atoms with E-state index in [-0.39, 0.29) is 0 Å². The summed E-state index contributed by atoms with van der Waals surface area (Å²) in [5, 5.41) is 0. The summed E-state index contributed by atoms with van der Waals surface area (Å²) in [6.45, 7) is 7.19. The maximum Gasteiger partial charge on any atom is 0.0797 e. The lowest BCUT2D eigenvalue weighted by Gasteiger charge is -2.20. The van der Waals surface area contributed by atoms with Gasteiger partial charge < -0.3 is 4.90 Å². The highest BCUT2D eigenvalue weighted by molar-refractivity contribution is 5.47. The first-order chi connectivity index (χ1) is 6.88. The van der Waals surface area contributed by atoms with Crippen LogP contribution in [0.25, 0.3) is 0 Å². The molecule has 72 valence electrons. The van der Waals surface area contributed by atoms with Gasteiger partial charge in [0, 0.05) is 12.2 Å². The first-order valence-electron chi connectivity index (χ1n) is 4.69. The summed E-state index contributed by atoms with van der Waals surface area (Å²) in [4.78, 5) is 2.18. The molecule has 0 aromatic heterocycles. The monoisotopic (exact) mass is 185 g/mol. The van der Waals surface area contributed by atoms with Gasteiger partial charge in [0.1, 0.15) is 0 Å². The van der Waals surface area contributed by atoms with E-state index < -0.39 is 0 Å². The summed E-state index contributed by atoms with van der Waals surface area (Å²) in [7, 11) is 0. The molecule has 0 N–H and O–H groups in total. The fourth-order valence-electron chi connectivity index (χ4n) is 1.23. The van der Waals surface area contributed by atoms with Crippen LogP contribution in [0.3, 0.4) is 0 Å². The molecule has 1 nitrogen and oxygen atoms in total. The Hall–Kier alpha value is -1.68. The van der Waals surface area contributed by atoms with Crippen LogP contribution in [0.5, 0.6) is 0 Å². The fourth-order valence-corrected chi connectivity index (χ4v) is 1.23. The smallest absolute Gasteiger partial charge is 0.0797 e. The van der Waals surface area contributed by atoms with E-state index in [0.717, 1.165) is 13.1 Å². The molecule has 0 fully saturated rings. The summed E-state index contributed by atoms with van der Waals surface area (Å²) in [5.41, 5.74) is 1.19. The van der Waals surface area contributed by atoms with Gasteiger partial charge in [0.25, 0.3) is 0 Å². The summed E-state index contributed by atoms with van der Waals surface area (Å²) < 4.78 is 0. The van der Waals surface area contributed by atoms with Crippen LogP contribution in [-0.2, 0) is 0 Å². The van der Waals surface area contributed by atoms with Crippen molar-refractivity contribution in [1.82, 2.24) is 0 Å². The molecule has 0 aliphatic heterocycles. The van der Waals surface area contributed by atoms with E-state index in [1.54, 1.807) is 0 Å². The van der Waals surface area contributed by atoms with Gasteiger partial charge in [-0.25, -0.2) is 0 Å². The lowest BCUT2D eigenvalue weighted by Crippen LogP contribution is -2.23. The van der Waals surface area contributed by atoms with Crippen LogP contribution in [-0.4, -0.2) is 13.1 Å². The molecule has 0 saturated carbocycles. The quantitative estimate of drug-likeness (QED) is 0.515. The molecule has 0 radical (unpaired) electrons. The van der Waals surface area contributed by atoms with Crippen LogP contribution in [0.1, 0.15) is 6.92 Å². The van der Waals surface area contributed by atoms with E-state index in [0.29, 0.717) is 0 Å². The molecule has 0 aliphatic rings. The zero-order valence-corrected chi connectivity index (χ0v) is 8.53. The average Bonchev–Trinajstić information content (AvgIpc) is 2.25. The summed E-state index contributed by atoms with van der Waals surface area (Å²) in [5.74, 6) is 5.96. The third-order valence-corrected chi connectivity index (χ3v) is 1.92. The minimum absolute atomic E-state index is 0.756. The Morgan fingerprint density at radius 1 is 1.36 bits per heavy atom. The highest BCUT2D eigenvalue weighted by Gasteiger charge is 2.00. The van der Waals surface area contributed by atoms with Gasteiger partial charge in [-0.05, 0) is 19.1 Å². The molecule has 1 aromatic rings. The Kier molecular flexibility index (Phi) is 4.37. The van der Waals surface area contributed by atoms with Gasteiger partial charge in [0.2, 0.25) is 0 Å². The SMILES string of the molecule is C=CCN(CC#CC)c1ccccc1. The van der Waals surface area contributed by atoms with Gasteiger partial charge in [-0.3, -0.25) is 0 Å². The van der Waals surface area contributed by atoms with E-state index in [4.69, 9.17) is 0 Å². The van der Waals surface area contributed by atoms with Crippen LogP contribution in [0.2, 0.25) is 0 Å². The molecule has 1 aromatic carbocycles. The molecule has 0 spiro atoms. The minimum atomic E-state index is 0.756. The number of hydrogen-bond donors (Lipinski definition) is 0. The molecular formula is C13H15N. The van der Waals surface area contributed by atoms with Gasteiger partial charge in [0.15, 0.2) is 0 Å². The third-order valence-electron chi connectivity index (χ3n) is 1.92. The number of rotatable bonds is 4. The van der Waals surface area contributed by atoms with Gasteiger partial charge in [-0.15, -0.1) is 12.5 Å². The van der Waals surface area contributed by atoms with Gasteiger partial charge in [-0.2, -0.15) is 0 Å². The van der Waals surface area contributed by atoms with Crippen LogP contribution in [0.15, 0.2) is 43.0 Å². The Morgan fingerprint density at radius 2 is 2.07 bits per heavy atom. The van der Waals surface area contributed by atoms with Crippen molar-refractivity contribution >= 4 is 5.69 Å². The van der Waals surface area contributed by atoms with Crippen LogP contribution in [0.4, 0.5) is 5.69 Å². The molecule has 0 heterocycles. The van der Waals surface area contributed by atoms with Crippen LogP contribution < -0.4 is 4.90 Å². The maximum absolute atomic E-state index is 3.74. The average molecular weight is 185 g/mol. The zero-order valence-electron chi connectivity index (χ0n) is 8.53. The molecule has 14 heavy (non-hydrogen) atoms. The molecule has 0 atom stereocenters. The number of hydrogen-bond acceptors (Lipinski definition) is 1. The predicted molar refractivity (Wildman–Crippen MR) is 62.3 cm³/mol. The van der Waals surface area contributed by atoms with E-state index in [1.807, 2.05) is 31.2 Å². The molecule has 0 amide bonds. The van der Waals surface area contributed by atoms with Crippen LogP contribution >= 0.6 is 0 Å². The zero-order chi connectivity index (χ0) is 10.2. The van der Waals surface area contributed by atoms with Crippen molar-refractivity contribution in [2.75, 3.05) is 18.0 Å². The molecular weight excluding hydrogens is 170 g/mol. The van der Waals surface area contributed by atoms with Crippen molar-refractivity contribution < 1.29 is 0 Å². The first-order valence-corrected chi connectivity index (χ1v) is 4.69. The Balaban J connectivity index is 2.75. The third kappa shape index (κ3) is 2.99. The number of nitrogens with zero attached hydrogens (tertiary/aromatic N) is 1. The van der Waals surface area contributed by atoms with Crippen molar-refractivity contribution in [3.05, 3.63) is 43.0 Å². The topological polar surface area (TPSA) is 3.24 Å².